The summed E-state index contributed by atoms with van der Waals surface area (Å²) in [6.45, 7) is 0. The summed E-state index contributed by atoms with van der Waals surface area (Å²) in [7, 11) is 0. The molecule has 0 aliphatic carbocycles. The molecule has 3 rings (SSSR count). The van der Waals surface area contributed by atoms with Crippen molar-refractivity contribution in [2.24, 2.45) is 0 Å². The van der Waals surface area contributed by atoms with Crippen LogP contribution < -0.4 is 10.6 Å². The fourth-order valence-corrected chi connectivity index (χ4v) is 2.74. The molecule has 5 nitrogen and oxygen atoms in total. The van der Waals surface area contributed by atoms with Crippen LogP contribution in [-0.2, 0) is 4.79 Å². The summed E-state index contributed by atoms with van der Waals surface area (Å²) in [5.41, 5.74) is 1.20. The van der Waals surface area contributed by atoms with E-state index in [0.717, 1.165) is 0 Å². The van der Waals surface area contributed by atoms with E-state index in [2.05, 4.69) is 15.6 Å². The van der Waals surface area contributed by atoms with Crippen molar-refractivity contribution >= 4 is 28.3 Å². The van der Waals surface area contributed by atoms with Gasteiger partial charge in [-0.2, -0.15) is 0 Å². The first-order chi connectivity index (χ1) is 11.7. The first kappa shape index (κ1) is 15.9. The topological polar surface area (TPSA) is 71.1 Å². The van der Waals surface area contributed by atoms with Gasteiger partial charge >= 0.3 is 0 Å². The lowest BCUT2D eigenvalue weighted by Crippen LogP contribution is -2.37. The molecular weight excluding hydrogens is 322 g/mol. The Morgan fingerprint density at radius 2 is 1.62 bits per heavy atom. The minimum atomic E-state index is -0.803. The van der Waals surface area contributed by atoms with E-state index in [1.54, 1.807) is 48.0 Å². The highest BCUT2D eigenvalue weighted by molar-refractivity contribution is 7.13. The molecule has 0 saturated carbocycles. The molecule has 0 aliphatic rings. The van der Waals surface area contributed by atoms with Gasteiger partial charge in [-0.3, -0.25) is 14.9 Å². The van der Waals surface area contributed by atoms with Crippen LogP contribution in [0.3, 0.4) is 0 Å². The third kappa shape index (κ3) is 3.85. The van der Waals surface area contributed by atoms with Gasteiger partial charge in [-0.15, -0.1) is 11.3 Å². The van der Waals surface area contributed by atoms with Crippen molar-refractivity contribution in [2.45, 2.75) is 6.04 Å². The van der Waals surface area contributed by atoms with Gasteiger partial charge in [0.1, 0.15) is 6.04 Å². The molecule has 2 aromatic carbocycles. The molecule has 0 fully saturated rings. The second-order valence-corrected chi connectivity index (χ2v) is 5.90. The first-order valence-corrected chi connectivity index (χ1v) is 8.23. The van der Waals surface area contributed by atoms with Crippen molar-refractivity contribution in [1.29, 1.82) is 0 Å². The van der Waals surface area contributed by atoms with E-state index in [1.807, 2.05) is 24.3 Å². The van der Waals surface area contributed by atoms with Gasteiger partial charge in [-0.1, -0.05) is 48.5 Å². The SMILES string of the molecule is O=C(NC(C(=O)Nc1nccs1)c1ccccc1)c1ccccc1. The molecule has 2 amide bonds. The monoisotopic (exact) mass is 337 g/mol. The van der Waals surface area contributed by atoms with Gasteiger partial charge in [0.25, 0.3) is 11.8 Å². The molecule has 0 radical (unpaired) electrons. The van der Waals surface area contributed by atoms with Crippen molar-refractivity contribution in [3.8, 4) is 0 Å². The van der Waals surface area contributed by atoms with Gasteiger partial charge in [0.15, 0.2) is 5.13 Å². The zero-order valence-corrected chi connectivity index (χ0v) is 13.5. The summed E-state index contributed by atoms with van der Waals surface area (Å²) < 4.78 is 0. The van der Waals surface area contributed by atoms with Crippen molar-refractivity contribution in [3.05, 3.63) is 83.4 Å². The summed E-state index contributed by atoms with van der Waals surface area (Å²) in [6, 6.07) is 17.1. The van der Waals surface area contributed by atoms with Gasteiger partial charge in [0.2, 0.25) is 0 Å². The number of hydrogen-bond donors (Lipinski definition) is 2. The first-order valence-electron chi connectivity index (χ1n) is 7.35. The summed E-state index contributed by atoms with van der Waals surface area (Å²) in [5.74, 6) is -0.640. The van der Waals surface area contributed by atoms with Gasteiger partial charge < -0.3 is 5.32 Å². The quantitative estimate of drug-likeness (QED) is 0.751. The summed E-state index contributed by atoms with van der Waals surface area (Å²) >= 11 is 1.32. The number of carbonyl (C=O) groups is 2. The number of amides is 2. The van der Waals surface area contributed by atoms with Crippen LogP contribution in [0.25, 0.3) is 0 Å². The molecule has 24 heavy (non-hydrogen) atoms. The van der Waals surface area contributed by atoms with Crippen LogP contribution in [0.2, 0.25) is 0 Å². The Hall–Kier alpha value is -2.99. The number of rotatable bonds is 5. The highest BCUT2D eigenvalue weighted by Crippen LogP contribution is 2.18. The second kappa shape index (κ2) is 7.52. The largest absolute Gasteiger partial charge is 0.336 e. The Morgan fingerprint density at radius 3 is 2.25 bits per heavy atom. The number of aromatic nitrogens is 1. The van der Waals surface area contributed by atoms with Crippen molar-refractivity contribution in [1.82, 2.24) is 10.3 Å². The number of anilines is 1. The van der Waals surface area contributed by atoms with Crippen LogP contribution in [0.4, 0.5) is 5.13 Å². The molecule has 120 valence electrons. The summed E-state index contributed by atoms with van der Waals surface area (Å²) in [6.07, 6.45) is 1.61. The number of nitrogens with zero attached hydrogens (tertiary/aromatic N) is 1. The van der Waals surface area contributed by atoms with E-state index in [1.165, 1.54) is 11.3 Å². The standard InChI is InChI=1S/C18H15N3O2S/c22-16(14-9-5-2-6-10-14)20-15(13-7-3-1-4-8-13)17(23)21-18-19-11-12-24-18/h1-12,15H,(H,20,22)(H,19,21,23). The zero-order chi connectivity index (χ0) is 16.8. The van der Waals surface area contributed by atoms with Crippen LogP contribution in [0.15, 0.2) is 72.2 Å². The molecule has 0 aliphatic heterocycles. The van der Waals surface area contributed by atoms with Gasteiger partial charge in [-0.25, -0.2) is 4.98 Å². The zero-order valence-electron chi connectivity index (χ0n) is 12.7. The highest BCUT2D eigenvalue weighted by atomic mass is 32.1. The maximum Gasteiger partial charge on any atom is 0.253 e. The third-order valence-corrected chi connectivity index (χ3v) is 4.06. The maximum absolute atomic E-state index is 12.6. The van der Waals surface area contributed by atoms with E-state index >= 15 is 0 Å². The summed E-state index contributed by atoms with van der Waals surface area (Å²) in [4.78, 5) is 29.1. The van der Waals surface area contributed by atoms with Crippen LogP contribution in [0, 0.1) is 0 Å². The molecule has 6 heteroatoms. The normalized spacial score (nSPS) is 11.5. The van der Waals surface area contributed by atoms with Crippen LogP contribution in [0.5, 0.6) is 0 Å². The van der Waals surface area contributed by atoms with Crippen LogP contribution >= 0.6 is 11.3 Å². The molecular formula is C18H15N3O2S. The number of hydrogen-bond acceptors (Lipinski definition) is 4. The van der Waals surface area contributed by atoms with E-state index in [4.69, 9.17) is 0 Å². The molecule has 0 bridgehead atoms. The summed E-state index contributed by atoms with van der Waals surface area (Å²) in [5, 5.41) is 7.79. The van der Waals surface area contributed by atoms with E-state index in [-0.39, 0.29) is 11.8 Å². The van der Waals surface area contributed by atoms with Crippen molar-refractivity contribution in [2.75, 3.05) is 5.32 Å². The van der Waals surface area contributed by atoms with Gasteiger partial charge in [0.05, 0.1) is 0 Å². The Morgan fingerprint density at radius 1 is 0.958 bits per heavy atom. The Balaban J connectivity index is 1.82. The predicted octanol–water partition coefficient (Wildman–Crippen LogP) is 3.25. The van der Waals surface area contributed by atoms with Gasteiger partial charge in [-0.05, 0) is 17.7 Å². The fraction of sp³-hybridized carbons (Fsp3) is 0.0556. The molecule has 0 saturated heterocycles. The van der Waals surface area contributed by atoms with Crippen molar-refractivity contribution < 1.29 is 9.59 Å². The lowest BCUT2D eigenvalue weighted by atomic mass is 10.1. The van der Waals surface area contributed by atoms with E-state index in [9.17, 15) is 9.59 Å². The number of thiazole rings is 1. The van der Waals surface area contributed by atoms with Crippen LogP contribution in [0.1, 0.15) is 22.0 Å². The minimum Gasteiger partial charge on any atom is -0.336 e. The number of benzene rings is 2. The van der Waals surface area contributed by atoms with Crippen LogP contribution in [-0.4, -0.2) is 16.8 Å². The van der Waals surface area contributed by atoms with E-state index in [0.29, 0.717) is 16.3 Å². The lowest BCUT2D eigenvalue weighted by molar-refractivity contribution is -0.118. The molecule has 2 N–H and O–H groups in total. The number of carbonyl (C=O) groups excluding carboxylic acids is 2. The number of nitrogens with one attached hydrogen (secondary N) is 2. The molecule has 1 atom stereocenters. The van der Waals surface area contributed by atoms with Crippen molar-refractivity contribution in [3.63, 3.8) is 0 Å². The fourth-order valence-electron chi connectivity index (χ4n) is 2.21. The Kier molecular flexibility index (Phi) is 4.98. The van der Waals surface area contributed by atoms with E-state index < -0.39 is 6.04 Å². The average molecular weight is 337 g/mol. The maximum atomic E-state index is 12.6. The minimum absolute atomic E-state index is 0.307. The molecule has 1 heterocycles. The van der Waals surface area contributed by atoms with Gasteiger partial charge in [0, 0.05) is 17.1 Å². The molecule has 0 spiro atoms. The molecule has 1 unspecified atom stereocenters. The third-order valence-electron chi connectivity index (χ3n) is 3.37. The predicted molar refractivity (Wildman–Crippen MR) is 93.8 cm³/mol. The Bertz CT molecular complexity index is 805. The second-order valence-electron chi connectivity index (χ2n) is 5.01. The Labute approximate surface area is 143 Å². The smallest absolute Gasteiger partial charge is 0.253 e. The molecule has 3 aromatic rings. The average Bonchev–Trinajstić information content (AvgIpc) is 3.14. The lowest BCUT2D eigenvalue weighted by Gasteiger charge is -2.18. The highest BCUT2D eigenvalue weighted by Gasteiger charge is 2.23. The molecule has 1 aromatic heterocycles.